The number of hydrogen-bond donors (Lipinski definition) is 1. The first-order valence-corrected chi connectivity index (χ1v) is 7.80. The monoisotopic (exact) mass is 251 g/mol. The van der Waals surface area contributed by atoms with Crippen molar-refractivity contribution in [2.45, 2.75) is 57.0 Å². The Morgan fingerprint density at radius 3 is 1.94 bits per heavy atom. The van der Waals surface area contributed by atoms with Crippen LogP contribution in [0.2, 0.25) is 0 Å². The van der Waals surface area contributed by atoms with Crippen LogP contribution in [0.15, 0.2) is 29.2 Å². The molecule has 1 aromatic carbocycles. The highest BCUT2D eigenvalue weighted by Gasteiger charge is 2.22. The Labute approximate surface area is 110 Å². The fourth-order valence-corrected chi connectivity index (χ4v) is 2.57. The van der Waals surface area contributed by atoms with Crippen LogP contribution in [0.1, 0.15) is 45.6 Å². The number of hydrogen-bond acceptors (Lipinski definition) is 2. The number of rotatable bonds is 7. The van der Waals surface area contributed by atoms with E-state index in [0.717, 1.165) is 6.54 Å². The van der Waals surface area contributed by atoms with Crippen molar-refractivity contribution in [2.75, 3.05) is 6.26 Å². The Bertz CT molecular complexity index is 306. The average molecular weight is 251 g/mol. The van der Waals surface area contributed by atoms with Gasteiger partial charge in [-0.15, -0.1) is 11.8 Å². The van der Waals surface area contributed by atoms with Crippen molar-refractivity contribution in [3.05, 3.63) is 29.8 Å². The van der Waals surface area contributed by atoms with Gasteiger partial charge in [0.15, 0.2) is 0 Å². The van der Waals surface area contributed by atoms with Gasteiger partial charge < -0.3 is 5.32 Å². The Hall–Kier alpha value is -0.470. The molecule has 0 bridgehead atoms. The molecule has 0 aliphatic carbocycles. The summed E-state index contributed by atoms with van der Waals surface area (Å²) >= 11 is 1.79. The second-order valence-corrected chi connectivity index (χ2v) is 5.42. The first-order valence-electron chi connectivity index (χ1n) is 6.57. The Morgan fingerprint density at radius 2 is 1.53 bits per heavy atom. The minimum absolute atomic E-state index is 0.318. The van der Waals surface area contributed by atoms with Crippen molar-refractivity contribution in [3.63, 3.8) is 0 Å². The van der Waals surface area contributed by atoms with Crippen LogP contribution in [0.25, 0.3) is 0 Å². The van der Waals surface area contributed by atoms with E-state index in [1.165, 1.54) is 29.7 Å². The number of nitrogens with one attached hydrogen (secondary N) is 1. The van der Waals surface area contributed by atoms with Gasteiger partial charge in [-0.2, -0.15) is 0 Å². The molecule has 0 radical (unpaired) electrons. The predicted octanol–water partition coefficient (Wildman–Crippen LogP) is 4.47. The number of benzene rings is 1. The molecule has 17 heavy (non-hydrogen) atoms. The minimum Gasteiger partial charge on any atom is -0.307 e. The smallest absolute Gasteiger partial charge is 0.0210 e. The molecule has 0 saturated carbocycles. The second-order valence-electron chi connectivity index (χ2n) is 4.54. The summed E-state index contributed by atoms with van der Waals surface area (Å²) < 4.78 is 0. The fraction of sp³-hybridized carbons (Fsp3) is 0.600. The molecule has 1 nitrogen and oxygen atoms in total. The van der Waals surface area contributed by atoms with Crippen LogP contribution in [-0.4, -0.2) is 11.8 Å². The third-order valence-electron chi connectivity index (χ3n) is 3.86. The van der Waals surface area contributed by atoms with Crippen LogP contribution >= 0.6 is 11.8 Å². The van der Waals surface area contributed by atoms with Crippen molar-refractivity contribution in [3.8, 4) is 0 Å². The van der Waals surface area contributed by atoms with E-state index in [1.807, 2.05) is 0 Å². The minimum atomic E-state index is 0.318. The summed E-state index contributed by atoms with van der Waals surface area (Å²) in [5.41, 5.74) is 1.69. The van der Waals surface area contributed by atoms with Crippen LogP contribution in [0.5, 0.6) is 0 Å². The highest BCUT2D eigenvalue weighted by molar-refractivity contribution is 7.98. The first kappa shape index (κ1) is 14.6. The Kier molecular flexibility index (Phi) is 6.07. The largest absolute Gasteiger partial charge is 0.307 e. The van der Waals surface area contributed by atoms with Crippen LogP contribution in [-0.2, 0) is 6.54 Å². The highest BCUT2D eigenvalue weighted by Crippen LogP contribution is 2.20. The first-order chi connectivity index (χ1) is 8.19. The lowest BCUT2D eigenvalue weighted by atomic mass is 9.89. The van der Waals surface area contributed by atoms with E-state index in [4.69, 9.17) is 0 Å². The summed E-state index contributed by atoms with van der Waals surface area (Å²) in [6, 6.07) is 8.86. The number of thioether (sulfide) groups is 1. The Morgan fingerprint density at radius 1 is 1.00 bits per heavy atom. The van der Waals surface area contributed by atoms with Gasteiger partial charge in [-0.25, -0.2) is 0 Å². The van der Waals surface area contributed by atoms with Crippen LogP contribution < -0.4 is 5.32 Å². The van der Waals surface area contributed by atoms with Gasteiger partial charge in [0, 0.05) is 17.0 Å². The third-order valence-corrected chi connectivity index (χ3v) is 4.60. The summed E-state index contributed by atoms with van der Waals surface area (Å²) in [6.07, 6.45) is 5.71. The lowest BCUT2D eigenvalue weighted by molar-refractivity contribution is 0.288. The highest BCUT2D eigenvalue weighted by atomic mass is 32.2. The van der Waals surface area contributed by atoms with Gasteiger partial charge in [0.05, 0.1) is 0 Å². The molecule has 0 fully saturated rings. The lowest BCUT2D eigenvalue weighted by Gasteiger charge is -2.32. The van der Waals surface area contributed by atoms with E-state index in [0.29, 0.717) is 5.54 Å². The average Bonchev–Trinajstić information content (AvgIpc) is 2.41. The summed E-state index contributed by atoms with van der Waals surface area (Å²) in [5.74, 6) is 0. The zero-order chi connectivity index (χ0) is 12.7. The van der Waals surface area contributed by atoms with Crippen LogP contribution in [0.3, 0.4) is 0 Å². The fourth-order valence-electron chi connectivity index (χ4n) is 2.16. The van der Waals surface area contributed by atoms with Crippen molar-refractivity contribution >= 4 is 11.8 Å². The van der Waals surface area contributed by atoms with E-state index in [9.17, 15) is 0 Å². The molecule has 0 atom stereocenters. The molecule has 2 heteroatoms. The molecule has 96 valence electrons. The summed E-state index contributed by atoms with van der Waals surface area (Å²) in [6.45, 7) is 7.80. The quantitative estimate of drug-likeness (QED) is 0.718. The van der Waals surface area contributed by atoms with Crippen LogP contribution in [0, 0.1) is 0 Å². The molecule has 0 aromatic heterocycles. The molecule has 0 aliphatic rings. The zero-order valence-corrected chi connectivity index (χ0v) is 12.4. The van der Waals surface area contributed by atoms with E-state index < -0.39 is 0 Å². The second kappa shape index (κ2) is 7.07. The SMILES string of the molecule is CCC(CC)(CC)NCc1ccc(SC)cc1. The maximum atomic E-state index is 3.73. The van der Waals surface area contributed by atoms with E-state index in [1.54, 1.807) is 11.8 Å². The molecule has 0 aliphatic heterocycles. The van der Waals surface area contributed by atoms with E-state index in [-0.39, 0.29) is 0 Å². The van der Waals surface area contributed by atoms with Gasteiger partial charge in [0.25, 0.3) is 0 Å². The molecule has 0 heterocycles. The van der Waals surface area contributed by atoms with Gasteiger partial charge in [-0.3, -0.25) is 0 Å². The Balaban J connectivity index is 2.59. The van der Waals surface area contributed by atoms with Crippen molar-refractivity contribution in [1.29, 1.82) is 0 Å². The van der Waals surface area contributed by atoms with Gasteiger partial charge in [-0.05, 0) is 43.2 Å². The topological polar surface area (TPSA) is 12.0 Å². The molecular formula is C15H25NS. The van der Waals surface area contributed by atoms with Crippen molar-refractivity contribution in [2.24, 2.45) is 0 Å². The molecule has 0 unspecified atom stereocenters. The predicted molar refractivity (Wildman–Crippen MR) is 78.7 cm³/mol. The molecular weight excluding hydrogens is 226 g/mol. The zero-order valence-electron chi connectivity index (χ0n) is 11.5. The van der Waals surface area contributed by atoms with Gasteiger partial charge >= 0.3 is 0 Å². The molecule has 0 saturated heterocycles. The van der Waals surface area contributed by atoms with Gasteiger partial charge in [0.2, 0.25) is 0 Å². The third kappa shape index (κ3) is 4.04. The van der Waals surface area contributed by atoms with E-state index in [2.05, 4.69) is 56.6 Å². The van der Waals surface area contributed by atoms with Gasteiger partial charge in [0.1, 0.15) is 0 Å². The van der Waals surface area contributed by atoms with E-state index >= 15 is 0 Å². The van der Waals surface area contributed by atoms with Crippen molar-refractivity contribution < 1.29 is 0 Å². The molecule has 1 aromatic rings. The summed E-state index contributed by atoms with van der Waals surface area (Å²) in [5, 5.41) is 3.73. The van der Waals surface area contributed by atoms with Gasteiger partial charge in [-0.1, -0.05) is 32.9 Å². The molecule has 0 spiro atoms. The molecule has 0 amide bonds. The molecule has 1 N–H and O–H groups in total. The summed E-state index contributed by atoms with van der Waals surface area (Å²) in [4.78, 5) is 1.33. The summed E-state index contributed by atoms with van der Waals surface area (Å²) in [7, 11) is 0. The normalized spacial score (nSPS) is 11.8. The van der Waals surface area contributed by atoms with Crippen molar-refractivity contribution in [1.82, 2.24) is 5.32 Å². The maximum absolute atomic E-state index is 3.73. The molecule has 1 rings (SSSR count). The van der Waals surface area contributed by atoms with Crippen LogP contribution in [0.4, 0.5) is 0 Å². The standard InChI is InChI=1S/C15H25NS/c1-5-15(6-2,7-3)16-12-13-8-10-14(17-4)11-9-13/h8-11,16H,5-7,12H2,1-4H3. The maximum Gasteiger partial charge on any atom is 0.0210 e. The lowest BCUT2D eigenvalue weighted by Crippen LogP contribution is -2.43.